The molecule has 1 aliphatic heterocycles. The highest BCUT2D eigenvalue weighted by atomic mass is 16.2. The molecule has 2 fully saturated rings. The molecule has 26 heavy (non-hydrogen) atoms. The topological polar surface area (TPSA) is 52.7 Å². The third kappa shape index (κ3) is 4.37. The van der Waals surface area contributed by atoms with Gasteiger partial charge >= 0.3 is 0 Å². The van der Waals surface area contributed by atoms with E-state index in [1.54, 1.807) is 0 Å². The van der Waals surface area contributed by atoms with E-state index in [0.29, 0.717) is 5.56 Å². The summed E-state index contributed by atoms with van der Waals surface area (Å²) in [5, 5.41) is 3.05. The number of piperidine rings is 1. The van der Waals surface area contributed by atoms with Crippen molar-refractivity contribution in [2.45, 2.75) is 51.4 Å². The molecule has 1 aliphatic carbocycles. The van der Waals surface area contributed by atoms with Gasteiger partial charge in [-0.15, -0.1) is 0 Å². The van der Waals surface area contributed by atoms with Crippen LogP contribution in [0.2, 0.25) is 0 Å². The second-order valence-electron chi connectivity index (χ2n) is 7.80. The fourth-order valence-corrected chi connectivity index (χ4v) is 4.05. The van der Waals surface area contributed by atoms with Crippen LogP contribution in [0.4, 0.5) is 11.4 Å². The molecule has 5 heteroatoms. The predicted molar refractivity (Wildman–Crippen MR) is 106 cm³/mol. The Kier molecular flexibility index (Phi) is 6.17. The largest absolute Gasteiger partial charge is 0.377 e. The lowest BCUT2D eigenvalue weighted by Crippen LogP contribution is -2.36. The van der Waals surface area contributed by atoms with Crippen LogP contribution in [-0.2, 0) is 4.79 Å². The van der Waals surface area contributed by atoms with E-state index in [4.69, 9.17) is 0 Å². The molecule has 1 saturated carbocycles. The van der Waals surface area contributed by atoms with Crippen LogP contribution in [0.15, 0.2) is 18.2 Å². The Morgan fingerprint density at radius 3 is 2.31 bits per heavy atom. The smallest absolute Gasteiger partial charge is 0.256 e. The zero-order valence-corrected chi connectivity index (χ0v) is 16.1. The van der Waals surface area contributed by atoms with Gasteiger partial charge in [0.25, 0.3) is 5.91 Å². The van der Waals surface area contributed by atoms with Crippen LogP contribution in [0.5, 0.6) is 0 Å². The Hall–Kier alpha value is -2.04. The maximum Gasteiger partial charge on any atom is 0.256 e. The molecule has 1 aromatic rings. The van der Waals surface area contributed by atoms with E-state index < -0.39 is 0 Å². The molecule has 3 rings (SSSR count). The summed E-state index contributed by atoms with van der Waals surface area (Å²) in [5.74, 6) is 0.277. The minimum atomic E-state index is 0.0714. The van der Waals surface area contributed by atoms with Crippen LogP contribution in [0.1, 0.15) is 61.7 Å². The van der Waals surface area contributed by atoms with Crippen LogP contribution < -0.4 is 10.2 Å². The summed E-state index contributed by atoms with van der Waals surface area (Å²) in [6.45, 7) is 1.65. The Bertz CT molecular complexity index is 645. The maximum absolute atomic E-state index is 13.1. The number of carbonyl (C=O) groups excluding carboxylic acids is 2. The van der Waals surface area contributed by atoms with Gasteiger partial charge < -0.3 is 15.1 Å². The molecule has 1 N–H and O–H groups in total. The van der Waals surface area contributed by atoms with Gasteiger partial charge in [-0.1, -0.05) is 19.3 Å². The van der Waals surface area contributed by atoms with E-state index in [1.807, 2.05) is 42.1 Å². The molecular weight excluding hydrogens is 326 g/mol. The van der Waals surface area contributed by atoms with Gasteiger partial charge in [0.05, 0.1) is 5.56 Å². The average molecular weight is 357 g/mol. The predicted octanol–water partition coefficient (Wildman–Crippen LogP) is 3.90. The molecule has 1 saturated heterocycles. The Labute approximate surface area is 156 Å². The van der Waals surface area contributed by atoms with Crippen LogP contribution >= 0.6 is 0 Å². The molecule has 1 aromatic carbocycles. The lowest BCUT2D eigenvalue weighted by molar-refractivity contribution is -0.120. The normalized spacial score (nSPS) is 18.5. The third-order valence-electron chi connectivity index (χ3n) is 5.60. The Balaban J connectivity index is 1.79. The van der Waals surface area contributed by atoms with Crippen molar-refractivity contribution in [3.63, 3.8) is 0 Å². The first kappa shape index (κ1) is 18.7. The van der Waals surface area contributed by atoms with Crippen LogP contribution in [-0.4, -0.2) is 43.9 Å². The van der Waals surface area contributed by atoms with Crippen molar-refractivity contribution in [1.29, 1.82) is 0 Å². The van der Waals surface area contributed by atoms with Crippen molar-refractivity contribution >= 4 is 23.2 Å². The van der Waals surface area contributed by atoms with Crippen LogP contribution in [0.3, 0.4) is 0 Å². The summed E-state index contributed by atoms with van der Waals surface area (Å²) in [4.78, 5) is 29.5. The number of rotatable bonds is 4. The van der Waals surface area contributed by atoms with Crippen molar-refractivity contribution in [2.75, 3.05) is 37.4 Å². The maximum atomic E-state index is 13.1. The molecule has 2 amide bonds. The number of hydrogen-bond acceptors (Lipinski definition) is 3. The summed E-state index contributed by atoms with van der Waals surface area (Å²) < 4.78 is 0. The number of amides is 2. The van der Waals surface area contributed by atoms with Gasteiger partial charge in [0, 0.05) is 44.5 Å². The molecule has 2 aliphatic rings. The van der Waals surface area contributed by atoms with E-state index in [9.17, 15) is 9.59 Å². The third-order valence-corrected chi connectivity index (χ3v) is 5.60. The molecule has 5 nitrogen and oxygen atoms in total. The molecule has 0 bridgehead atoms. The second-order valence-corrected chi connectivity index (χ2v) is 7.80. The van der Waals surface area contributed by atoms with Crippen LogP contribution in [0, 0.1) is 5.92 Å². The van der Waals surface area contributed by atoms with Gasteiger partial charge in [0.1, 0.15) is 0 Å². The van der Waals surface area contributed by atoms with Gasteiger partial charge in [-0.2, -0.15) is 0 Å². The van der Waals surface area contributed by atoms with E-state index in [1.165, 1.54) is 12.8 Å². The Morgan fingerprint density at radius 1 is 1.00 bits per heavy atom. The molecule has 1 heterocycles. The van der Waals surface area contributed by atoms with Gasteiger partial charge in [0.2, 0.25) is 5.91 Å². The number of likely N-dealkylation sites (tertiary alicyclic amines) is 1. The number of benzene rings is 1. The number of nitrogens with zero attached hydrogens (tertiary/aromatic N) is 2. The molecule has 0 aromatic heterocycles. The van der Waals surface area contributed by atoms with E-state index in [2.05, 4.69) is 5.32 Å². The van der Waals surface area contributed by atoms with Crippen molar-refractivity contribution in [3.8, 4) is 0 Å². The lowest BCUT2D eigenvalue weighted by Gasteiger charge is -2.29. The first-order chi connectivity index (χ1) is 12.6. The summed E-state index contributed by atoms with van der Waals surface area (Å²) in [7, 11) is 3.89. The number of nitrogens with one attached hydrogen (secondary N) is 1. The highest BCUT2D eigenvalue weighted by molar-refractivity contribution is 6.02. The summed E-state index contributed by atoms with van der Waals surface area (Å²) in [6, 6.07) is 5.70. The van der Waals surface area contributed by atoms with E-state index in [0.717, 1.165) is 63.0 Å². The van der Waals surface area contributed by atoms with Crippen molar-refractivity contribution in [1.82, 2.24) is 4.90 Å². The standard InChI is InChI=1S/C21H31N3O2/c1-23(2)19-12-11-17(22-20(25)16-9-5-3-6-10-16)15-18(19)21(26)24-13-7-4-8-14-24/h11-12,15-16H,3-10,13-14H2,1-2H3,(H,22,25). The molecule has 0 radical (unpaired) electrons. The van der Waals surface area contributed by atoms with Gasteiger partial charge in [-0.25, -0.2) is 0 Å². The highest BCUT2D eigenvalue weighted by Gasteiger charge is 2.24. The zero-order chi connectivity index (χ0) is 18.5. The fourth-order valence-electron chi connectivity index (χ4n) is 4.05. The van der Waals surface area contributed by atoms with Crippen LogP contribution in [0.25, 0.3) is 0 Å². The highest BCUT2D eigenvalue weighted by Crippen LogP contribution is 2.28. The Morgan fingerprint density at radius 2 is 1.65 bits per heavy atom. The molecule has 0 atom stereocenters. The SMILES string of the molecule is CN(C)c1ccc(NC(=O)C2CCCCC2)cc1C(=O)N1CCCCC1. The van der Waals surface area contributed by atoms with Gasteiger partial charge in [0.15, 0.2) is 0 Å². The second kappa shape index (κ2) is 8.56. The summed E-state index contributed by atoms with van der Waals surface area (Å²) >= 11 is 0. The lowest BCUT2D eigenvalue weighted by atomic mass is 9.88. The minimum absolute atomic E-state index is 0.0714. The van der Waals surface area contributed by atoms with Gasteiger partial charge in [-0.05, 0) is 50.3 Å². The number of anilines is 2. The fraction of sp³-hybridized carbons (Fsp3) is 0.619. The first-order valence-electron chi connectivity index (χ1n) is 9.98. The molecule has 0 unspecified atom stereocenters. The molecule has 0 spiro atoms. The molecule has 142 valence electrons. The number of hydrogen-bond donors (Lipinski definition) is 1. The number of carbonyl (C=O) groups is 2. The summed E-state index contributed by atoms with van der Waals surface area (Å²) in [6.07, 6.45) is 8.79. The molecular formula is C21H31N3O2. The van der Waals surface area contributed by atoms with Crippen molar-refractivity contribution in [2.24, 2.45) is 5.92 Å². The zero-order valence-electron chi connectivity index (χ0n) is 16.1. The monoisotopic (exact) mass is 357 g/mol. The van der Waals surface area contributed by atoms with Gasteiger partial charge in [-0.3, -0.25) is 9.59 Å². The van der Waals surface area contributed by atoms with E-state index in [-0.39, 0.29) is 17.7 Å². The van der Waals surface area contributed by atoms with Crippen molar-refractivity contribution in [3.05, 3.63) is 23.8 Å². The quantitative estimate of drug-likeness (QED) is 0.889. The first-order valence-corrected chi connectivity index (χ1v) is 9.98. The van der Waals surface area contributed by atoms with E-state index >= 15 is 0 Å². The average Bonchev–Trinajstić information content (AvgIpc) is 2.68. The van der Waals surface area contributed by atoms with Crippen molar-refractivity contribution < 1.29 is 9.59 Å². The summed E-state index contributed by atoms with van der Waals surface area (Å²) in [5.41, 5.74) is 2.31. The minimum Gasteiger partial charge on any atom is -0.377 e.